The van der Waals surface area contributed by atoms with E-state index in [9.17, 15) is 0 Å². The summed E-state index contributed by atoms with van der Waals surface area (Å²) in [7, 11) is 1.69. The Labute approximate surface area is 166 Å². The lowest BCUT2D eigenvalue weighted by Gasteiger charge is -2.38. The van der Waals surface area contributed by atoms with E-state index >= 15 is 0 Å². The van der Waals surface area contributed by atoms with E-state index in [2.05, 4.69) is 44.0 Å². The number of hydrogen-bond donors (Lipinski definition) is 0. The summed E-state index contributed by atoms with van der Waals surface area (Å²) in [4.78, 5) is 4.86. The van der Waals surface area contributed by atoms with Crippen LogP contribution in [0.25, 0.3) is 0 Å². The molecule has 0 saturated carbocycles. The molecular formula is C20H30N6O2. The Bertz CT molecular complexity index is 725. The van der Waals surface area contributed by atoms with E-state index in [0.29, 0.717) is 19.8 Å². The van der Waals surface area contributed by atoms with Gasteiger partial charge in [-0.05, 0) is 35.0 Å². The van der Waals surface area contributed by atoms with E-state index in [1.54, 1.807) is 7.11 Å². The van der Waals surface area contributed by atoms with Gasteiger partial charge in [0.2, 0.25) is 0 Å². The highest BCUT2D eigenvalue weighted by molar-refractivity contribution is 5.32. The first-order valence-electron chi connectivity index (χ1n) is 9.81. The van der Waals surface area contributed by atoms with E-state index in [-0.39, 0.29) is 6.04 Å². The molecule has 2 heterocycles. The number of aromatic nitrogens is 4. The number of tetrazole rings is 1. The molecular weight excluding hydrogens is 356 g/mol. The third-order valence-electron chi connectivity index (χ3n) is 4.98. The second-order valence-electron chi connectivity index (χ2n) is 6.78. The Hall–Kier alpha value is -2.29. The number of piperazine rings is 1. The van der Waals surface area contributed by atoms with Crippen molar-refractivity contribution in [3.63, 3.8) is 0 Å². The van der Waals surface area contributed by atoms with Crippen molar-refractivity contribution >= 4 is 0 Å². The summed E-state index contributed by atoms with van der Waals surface area (Å²) in [6.07, 6.45) is 1.96. The predicted octanol–water partition coefficient (Wildman–Crippen LogP) is 1.61. The van der Waals surface area contributed by atoms with Crippen LogP contribution in [-0.2, 0) is 11.3 Å². The molecule has 0 N–H and O–H groups in total. The Morgan fingerprint density at radius 3 is 2.57 bits per heavy atom. The summed E-state index contributed by atoms with van der Waals surface area (Å²) in [5, 5.41) is 12.5. The minimum absolute atomic E-state index is 0.00610. The lowest BCUT2D eigenvalue weighted by Crippen LogP contribution is -2.48. The molecule has 28 heavy (non-hydrogen) atoms. The zero-order chi connectivity index (χ0) is 19.8. The smallest absolute Gasteiger partial charge is 0.173 e. The quantitative estimate of drug-likeness (QED) is 0.575. The summed E-state index contributed by atoms with van der Waals surface area (Å²) in [6, 6.07) is 8.25. The number of methoxy groups -OCH3 is 1. The highest BCUT2D eigenvalue weighted by atomic mass is 16.5. The van der Waals surface area contributed by atoms with Crippen LogP contribution in [0.5, 0.6) is 5.75 Å². The van der Waals surface area contributed by atoms with Gasteiger partial charge in [-0.2, -0.15) is 0 Å². The van der Waals surface area contributed by atoms with Gasteiger partial charge in [0.15, 0.2) is 5.82 Å². The van der Waals surface area contributed by atoms with Gasteiger partial charge in [0.25, 0.3) is 0 Å². The molecule has 1 aliphatic heterocycles. The van der Waals surface area contributed by atoms with Gasteiger partial charge in [-0.15, -0.1) is 11.7 Å². The molecule has 3 rings (SSSR count). The molecule has 0 aliphatic carbocycles. The lowest BCUT2D eigenvalue weighted by atomic mass is 10.0. The summed E-state index contributed by atoms with van der Waals surface area (Å²) >= 11 is 0. The van der Waals surface area contributed by atoms with E-state index in [4.69, 9.17) is 9.47 Å². The second-order valence-corrected chi connectivity index (χ2v) is 6.78. The van der Waals surface area contributed by atoms with Gasteiger partial charge < -0.3 is 9.47 Å². The van der Waals surface area contributed by atoms with Crippen LogP contribution in [0.4, 0.5) is 0 Å². The minimum Gasteiger partial charge on any atom is -0.494 e. The number of ether oxygens (including phenoxy) is 2. The maximum Gasteiger partial charge on any atom is 0.173 e. The zero-order valence-corrected chi connectivity index (χ0v) is 16.8. The molecule has 1 fully saturated rings. The molecule has 0 bridgehead atoms. The van der Waals surface area contributed by atoms with Crippen molar-refractivity contribution < 1.29 is 9.47 Å². The number of benzene rings is 1. The van der Waals surface area contributed by atoms with Gasteiger partial charge in [0.1, 0.15) is 5.75 Å². The van der Waals surface area contributed by atoms with Gasteiger partial charge >= 0.3 is 0 Å². The SMILES string of the molecule is C=CCN1CCN(C(c2ccc(OCC)cc2)c2nnnn2CCOC)CC1. The Kier molecular flexibility index (Phi) is 7.53. The predicted molar refractivity (Wildman–Crippen MR) is 107 cm³/mol. The largest absolute Gasteiger partial charge is 0.494 e. The molecule has 1 atom stereocenters. The van der Waals surface area contributed by atoms with Crippen LogP contribution in [0.15, 0.2) is 36.9 Å². The van der Waals surface area contributed by atoms with Crippen molar-refractivity contribution in [2.75, 3.05) is 53.0 Å². The number of nitrogens with zero attached hydrogens (tertiary/aromatic N) is 6. The summed E-state index contributed by atoms with van der Waals surface area (Å²) in [6.45, 7) is 12.5. The van der Waals surface area contributed by atoms with Crippen molar-refractivity contribution in [3.8, 4) is 5.75 Å². The molecule has 1 saturated heterocycles. The van der Waals surface area contributed by atoms with Crippen LogP contribution >= 0.6 is 0 Å². The Morgan fingerprint density at radius 2 is 1.93 bits per heavy atom. The fourth-order valence-electron chi connectivity index (χ4n) is 3.57. The molecule has 1 unspecified atom stereocenters. The van der Waals surface area contributed by atoms with Crippen LogP contribution in [0.1, 0.15) is 24.4 Å². The average Bonchev–Trinajstić information content (AvgIpc) is 3.18. The monoisotopic (exact) mass is 386 g/mol. The molecule has 1 aliphatic rings. The first-order valence-corrected chi connectivity index (χ1v) is 9.81. The molecule has 8 heteroatoms. The molecule has 0 spiro atoms. The highest BCUT2D eigenvalue weighted by Crippen LogP contribution is 2.29. The van der Waals surface area contributed by atoms with Gasteiger partial charge in [-0.1, -0.05) is 18.2 Å². The number of rotatable bonds is 10. The molecule has 0 radical (unpaired) electrons. The molecule has 1 aromatic carbocycles. The van der Waals surface area contributed by atoms with Crippen LogP contribution in [0.3, 0.4) is 0 Å². The van der Waals surface area contributed by atoms with Crippen LogP contribution < -0.4 is 4.74 Å². The fraction of sp³-hybridized carbons (Fsp3) is 0.550. The standard InChI is InChI=1S/C20H30N6O2/c1-4-10-24-11-13-25(14-12-24)19(17-6-8-18(9-7-17)28-5-2)20-21-22-23-26(20)15-16-27-3/h4,6-9,19H,1,5,10-16H2,2-3H3. The molecule has 8 nitrogen and oxygen atoms in total. The topological polar surface area (TPSA) is 68.5 Å². The van der Waals surface area contributed by atoms with Gasteiger partial charge in [-0.3, -0.25) is 9.80 Å². The lowest BCUT2D eigenvalue weighted by molar-refractivity contribution is 0.111. The first-order chi connectivity index (χ1) is 13.8. The second kappa shape index (κ2) is 10.3. The summed E-state index contributed by atoms with van der Waals surface area (Å²) in [5.41, 5.74) is 1.16. The minimum atomic E-state index is -0.00610. The first kappa shape index (κ1) is 20.4. The zero-order valence-electron chi connectivity index (χ0n) is 16.8. The number of hydrogen-bond acceptors (Lipinski definition) is 7. The van der Waals surface area contributed by atoms with E-state index < -0.39 is 0 Å². The van der Waals surface area contributed by atoms with Crippen molar-refractivity contribution in [3.05, 3.63) is 48.3 Å². The van der Waals surface area contributed by atoms with Gasteiger partial charge in [0.05, 0.1) is 25.8 Å². The van der Waals surface area contributed by atoms with E-state index in [1.165, 1.54) is 0 Å². The van der Waals surface area contributed by atoms with Crippen molar-refractivity contribution in [1.82, 2.24) is 30.0 Å². The van der Waals surface area contributed by atoms with Gasteiger partial charge in [-0.25, -0.2) is 4.68 Å². The third-order valence-corrected chi connectivity index (χ3v) is 4.98. The molecule has 0 amide bonds. The molecule has 152 valence electrons. The summed E-state index contributed by atoms with van der Waals surface area (Å²) < 4.78 is 12.7. The maximum absolute atomic E-state index is 5.60. The van der Waals surface area contributed by atoms with E-state index in [0.717, 1.165) is 49.9 Å². The van der Waals surface area contributed by atoms with E-state index in [1.807, 2.05) is 29.8 Å². The van der Waals surface area contributed by atoms with Crippen molar-refractivity contribution in [2.45, 2.75) is 19.5 Å². The van der Waals surface area contributed by atoms with Crippen LogP contribution in [-0.4, -0.2) is 83.1 Å². The summed E-state index contributed by atoms with van der Waals surface area (Å²) in [5.74, 6) is 1.72. The molecule has 2 aromatic rings. The fourth-order valence-corrected chi connectivity index (χ4v) is 3.57. The Morgan fingerprint density at radius 1 is 1.18 bits per heavy atom. The van der Waals surface area contributed by atoms with Crippen molar-refractivity contribution in [1.29, 1.82) is 0 Å². The average molecular weight is 387 g/mol. The third kappa shape index (κ3) is 4.95. The van der Waals surface area contributed by atoms with Gasteiger partial charge in [0, 0.05) is 39.8 Å². The maximum atomic E-state index is 5.60. The highest BCUT2D eigenvalue weighted by Gasteiger charge is 2.30. The normalized spacial score (nSPS) is 16.8. The van der Waals surface area contributed by atoms with Crippen LogP contribution in [0, 0.1) is 0 Å². The Balaban J connectivity index is 1.86. The van der Waals surface area contributed by atoms with Crippen molar-refractivity contribution in [2.24, 2.45) is 0 Å². The molecule has 1 aromatic heterocycles. The van der Waals surface area contributed by atoms with Crippen LogP contribution in [0.2, 0.25) is 0 Å².